The fourth-order valence-corrected chi connectivity index (χ4v) is 2.84. The number of rotatable bonds is 6. The molecule has 2 aliphatic heterocycles. The van der Waals surface area contributed by atoms with E-state index in [0.29, 0.717) is 12.7 Å². The van der Waals surface area contributed by atoms with Crippen LogP contribution in [0.1, 0.15) is 39.5 Å². The van der Waals surface area contributed by atoms with E-state index in [9.17, 15) is 14.4 Å². The van der Waals surface area contributed by atoms with Crippen LogP contribution in [0.15, 0.2) is 12.7 Å². The Hall–Kier alpha value is -1.36. The molecule has 0 saturated carbocycles. The largest absolute Gasteiger partial charge is 0.453 e. The number of aldehydes is 1. The lowest BCUT2D eigenvalue weighted by Crippen LogP contribution is -2.75. The van der Waals surface area contributed by atoms with Crippen molar-refractivity contribution in [3.63, 3.8) is 0 Å². The Morgan fingerprint density at radius 2 is 2.14 bits per heavy atom. The molecule has 1 N–H and O–H groups in total. The molecule has 21 heavy (non-hydrogen) atoms. The maximum atomic E-state index is 11.6. The molecule has 0 aromatic carbocycles. The minimum atomic E-state index is -1.49. The summed E-state index contributed by atoms with van der Waals surface area (Å²) >= 11 is 5.56. The van der Waals surface area contributed by atoms with Gasteiger partial charge in [0.05, 0.1) is 5.92 Å². The zero-order chi connectivity index (χ0) is 16.1. The smallest absolute Gasteiger partial charge is 0.344 e. The molecule has 0 bridgehead atoms. The van der Waals surface area contributed by atoms with Crippen molar-refractivity contribution in [2.45, 2.75) is 50.7 Å². The average Bonchev–Trinajstić information content (AvgIpc) is 2.63. The van der Waals surface area contributed by atoms with E-state index in [0.717, 1.165) is 0 Å². The maximum absolute atomic E-state index is 11.6. The van der Waals surface area contributed by atoms with Crippen molar-refractivity contribution in [1.29, 1.82) is 0 Å². The molecule has 0 aromatic rings. The standard InChI is InChI=1S/C9H10ClNO4.C6H12/c1-8-5(2-3-10)6(13)11-9(8,4-12)7(14)15-8;1-3-5-6-4-2/h4-5H,2-3H2,1H3,(H,11,13);3H,1,4-6H2,2H3/t5-,8-,9-;/m0./s1. The summed E-state index contributed by atoms with van der Waals surface area (Å²) in [5, 5.41) is 2.40. The monoisotopic (exact) mass is 315 g/mol. The van der Waals surface area contributed by atoms with Crippen LogP contribution in [-0.2, 0) is 19.1 Å². The summed E-state index contributed by atoms with van der Waals surface area (Å²) in [5.41, 5.74) is -2.56. The molecular weight excluding hydrogens is 294 g/mol. The first kappa shape index (κ1) is 17.7. The molecule has 2 saturated heterocycles. The molecule has 3 atom stereocenters. The summed E-state index contributed by atoms with van der Waals surface area (Å²) < 4.78 is 4.97. The zero-order valence-electron chi connectivity index (χ0n) is 12.5. The Labute approximate surface area is 130 Å². The highest BCUT2D eigenvalue weighted by molar-refractivity contribution is 6.18. The van der Waals surface area contributed by atoms with Gasteiger partial charge < -0.3 is 10.1 Å². The van der Waals surface area contributed by atoms with Crippen molar-refractivity contribution in [1.82, 2.24) is 5.32 Å². The molecule has 0 aromatic heterocycles. The van der Waals surface area contributed by atoms with Crippen LogP contribution in [0.2, 0.25) is 0 Å². The predicted octanol–water partition coefficient (Wildman–Crippen LogP) is 1.98. The minimum absolute atomic E-state index is 0.278. The molecule has 2 rings (SSSR count). The normalized spacial score (nSPS) is 32.8. The summed E-state index contributed by atoms with van der Waals surface area (Å²) in [5.74, 6) is -1.31. The Kier molecular flexibility index (Phi) is 5.96. The van der Waals surface area contributed by atoms with Gasteiger partial charge in [0.1, 0.15) is 0 Å². The highest BCUT2D eigenvalue weighted by Crippen LogP contribution is 2.48. The van der Waals surface area contributed by atoms with Gasteiger partial charge in [-0.1, -0.05) is 25.8 Å². The van der Waals surface area contributed by atoms with Crippen LogP contribution in [0.3, 0.4) is 0 Å². The van der Waals surface area contributed by atoms with Crippen molar-refractivity contribution >= 4 is 29.8 Å². The quantitative estimate of drug-likeness (QED) is 0.203. The highest BCUT2D eigenvalue weighted by Gasteiger charge is 2.76. The van der Waals surface area contributed by atoms with Gasteiger partial charge in [0.25, 0.3) is 0 Å². The lowest BCUT2D eigenvalue weighted by Gasteiger charge is -2.47. The first-order valence-corrected chi connectivity index (χ1v) is 7.65. The van der Waals surface area contributed by atoms with Gasteiger partial charge in [-0.05, 0) is 19.8 Å². The van der Waals surface area contributed by atoms with Crippen LogP contribution in [0.25, 0.3) is 0 Å². The number of amides is 1. The molecule has 6 heteroatoms. The van der Waals surface area contributed by atoms with Crippen LogP contribution in [-0.4, -0.2) is 35.2 Å². The summed E-state index contributed by atoms with van der Waals surface area (Å²) in [6.07, 6.45) is 6.55. The topological polar surface area (TPSA) is 72.5 Å². The molecule has 2 heterocycles. The van der Waals surface area contributed by atoms with Gasteiger partial charge >= 0.3 is 5.97 Å². The van der Waals surface area contributed by atoms with Crippen molar-refractivity contribution in [3.8, 4) is 0 Å². The fourth-order valence-electron chi connectivity index (χ4n) is 2.62. The van der Waals surface area contributed by atoms with Gasteiger partial charge in [-0.3, -0.25) is 9.59 Å². The number of allylic oxidation sites excluding steroid dienone is 1. The minimum Gasteiger partial charge on any atom is -0.453 e. The number of esters is 1. The van der Waals surface area contributed by atoms with E-state index in [2.05, 4.69) is 18.8 Å². The first-order valence-electron chi connectivity index (χ1n) is 7.12. The summed E-state index contributed by atoms with van der Waals surface area (Å²) in [6, 6.07) is 0. The van der Waals surface area contributed by atoms with E-state index in [1.165, 1.54) is 19.3 Å². The fraction of sp³-hybridized carbons (Fsp3) is 0.667. The van der Waals surface area contributed by atoms with Gasteiger partial charge in [0.15, 0.2) is 11.9 Å². The van der Waals surface area contributed by atoms with E-state index in [4.69, 9.17) is 16.3 Å². The van der Waals surface area contributed by atoms with Gasteiger partial charge in [0.2, 0.25) is 11.4 Å². The third kappa shape index (κ3) is 2.84. The number of fused-ring (bicyclic) bond motifs is 1. The van der Waals surface area contributed by atoms with E-state index < -0.39 is 23.0 Å². The molecule has 0 radical (unpaired) electrons. The molecule has 118 valence electrons. The molecular formula is C15H22ClNO4. The Balaban J connectivity index is 0.000000315. The molecule has 2 fully saturated rings. The summed E-state index contributed by atoms with van der Waals surface area (Å²) in [6.45, 7) is 7.36. The van der Waals surface area contributed by atoms with Gasteiger partial charge in [-0.15, -0.1) is 18.2 Å². The van der Waals surface area contributed by atoms with Crippen LogP contribution in [0, 0.1) is 5.92 Å². The van der Waals surface area contributed by atoms with Gasteiger partial charge in [0, 0.05) is 5.88 Å². The van der Waals surface area contributed by atoms with Crippen molar-refractivity contribution < 1.29 is 19.1 Å². The second-order valence-electron chi connectivity index (χ2n) is 5.37. The van der Waals surface area contributed by atoms with Crippen molar-refractivity contribution in [3.05, 3.63) is 12.7 Å². The lowest BCUT2D eigenvalue weighted by atomic mass is 9.72. The number of hydrogen-bond acceptors (Lipinski definition) is 4. The summed E-state index contributed by atoms with van der Waals surface area (Å²) in [7, 11) is 0. The predicted molar refractivity (Wildman–Crippen MR) is 80.0 cm³/mol. The molecule has 0 spiro atoms. The maximum Gasteiger partial charge on any atom is 0.344 e. The number of alkyl halides is 1. The van der Waals surface area contributed by atoms with Crippen LogP contribution in [0.5, 0.6) is 0 Å². The third-order valence-electron chi connectivity index (χ3n) is 4.05. The second kappa shape index (κ2) is 7.07. The SMILES string of the molecule is C=CCCCC.C[C@@]12OC(=O)[C@]1(C=O)NC(=O)[C@@H]2CCCl. The first-order chi connectivity index (χ1) is 9.93. The number of unbranched alkanes of at least 4 members (excludes halogenated alkanes) is 2. The van der Waals surface area contributed by atoms with Crippen molar-refractivity contribution in [2.24, 2.45) is 5.92 Å². The molecule has 0 unspecified atom stereocenters. The van der Waals surface area contributed by atoms with Crippen molar-refractivity contribution in [2.75, 3.05) is 5.88 Å². The van der Waals surface area contributed by atoms with Crippen LogP contribution >= 0.6 is 11.6 Å². The molecule has 0 aliphatic carbocycles. The molecule has 2 aliphatic rings. The van der Waals surface area contributed by atoms with Crippen LogP contribution < -0.4 is 5.32 Å². The number of halogens is 1. The Morgan fingerprint density at radius 1 is 1.48 bits per heavy atom. The van der Waals surface area contributed by atoms with Gasteiger partial charge in [-0.2, -0.15) is 0 Å². The van der Waals surface area contributed by atoms with E-state index in [1.807, 2.05) is 6.08 Å². The number of nitrogens with one attached hydrogen (secondary N) is 1. The van der Waals surface area contributed by atoms with E-state index in [-0.39, 0.29) is 11.8 Å². The van der Waals surface area contributed by atoms with Crippen LogP contribution in [0.4, 0.5) is 0 Å². The van der Waals surface area contributed by atoms with E-state index >= 15 is 0 Å². The highest BCUT2D eigenvalue weighted by atomic mass is 35.5. The number of hydrogen-bond donors (Lipinski definition) is 1. The summed E-state index contributed by atoms with van der Waals surface area (Å²) in [4.78, 5) is 33.8. The number of carbonyl (C=O) groups is 3. The average molecular weight is 316 g/mol. The molecule has 5 nitrogen and oxygen atoms in total. The lowest BCUT2D eigenvalue weighted by molar-refractivity contribution is -0.214. The Morgan fingerprint density at radius 3 is 2.48 bits per heavy atom. The van der Waals surface area contributed by atoms with Gasteiger partial charge in [-0.25, -0.2) is 4.79 Å². The Bertz CT molecular complexity index is 439. The third-order valence-corrected chi connectivity index (χ3v) is 4.27. The number of ether oxygens (including phenoxy) is 1. The zero-order valence-corrected chi connectivity index (χ0v) is 13.2. The number of carbonyl (C=O) groups excluding carboxylic acids is 3. The van der Waals surface area contributed by atoms with E-state index in [1.54, 1.807) is 6.92 Å². The second-order valence-corrected chi connectivity index (χ2v) is 5.75. The molecule has 1 amide bonds.